The molecular weight excluding hydrogens is 410 g/mol. The molecule has 8 heteroatoms. The minimum Gasteiger partial charge on any atom is -0.354 e. The van der Waals surface area contributed by atoms with Gasteiger partial charge in [0.25, 0.3) is 0 Å². The Morgan fingerprint density at radius 1 is 1.09 bits per heavy atom. The molecule has 1 aliphatic rings. The highest BCUT2D eigenvalue weighted by Crippen LogP contribution is 2.21. The molecular formula is C24H28F2N6. The van der Waals surface area contributed by atoms with E-state index in [1.54, 1.807) is 6.20 Å². The summed E-state index contributed by atoms with van der Waals surface area (Å²) in [6, 6.07) is 14.1. The molecule has 6 nitrogen and oxygen atoms in total. The number of halogens is 2. The number of nitrogens with two attached hydrogens (primary N) is 1. The topological polar surface area (TPSA) is 79.1 Å². The average molecular weight is 439 g/mol. The number of nitrogens with zero attached hydrogens (tertiary/aromatic N) is 3. The quantitative estimate of drug-likeness (QED) is 0.502. The third-order valence-electron chi connectivity index (χ3n) is 5.63. The predicted octanol–water partition coefficient (Wildman–Crippen LogP) is 2.81. The standard InChI is InChI=1S/C24H28F2N6/c25-20-11-17(12-21(26)13-20)4-6-29-24-30-7-5-23(31-24)19-3-1-2-18(10-19)16-32-9-8-28-15-22(32)14-27/h1-3,5,7,10-13,22,28H,4,6,8-9,14-16,27H2,(H,29,30,31). The van der Waals surface area contributed by atoms with Crippen molar-refractivity contribution in [2.75, 3.05) is 38.0 Å². The Balaban J connectivity index is 1.41. The molecule has 1 fully saturated rings. The summed E-state index contributed by atoms with van der Waals surface area (Å²) in [6.45, 7) is 4.81. The fraction of sp³-hybridized carbons (Fsp3) is 0.333. The molecule has 0 bridgehead atoms. The monoisotopic (exact) mass is 438 g/mol. The van der Waals surface area contributed by atoms with Crippen molar-refractivity contribution in [3.05, 3.63) is 77.5 Å². The Labute approximate surface area is 186 Å². The van der Waals surface area contributed by atoms with Gasteiger partial charge < -0.3 is 16.4 Å². The zero-order valence-electron chi connectivity index (χ0n) is 17.9. The van der Waals surface area contributed by atoms with Gasteiger partial charge in [-0.05, 0) is 41.8 Å². The van der Waals surface area contributed by atoms with Gasteiger partial charge in [-0.15, -0.1) is 0 Å². The molecule has 32 heavy (non-hydrogen) atoms. The molecule has 2 heterocycles. The zero-order chi connectivity index (χ0) is 22.3. The van der Waals surface area contributed by atoms with Crippen molar-refractivity contribution >= 4 is 5.95 Å². The molecule has 2 aromatic carbocycles. The number of benzene rings is 2. The third kappa shape index (κ3) is 5.85. The van der Waals surface area contributed by atoms with E-state index in [9.17, 15) is 8.78 Å². The molecule has 0 amide bonds. The van der Waals surface area contributed by atoms with Crippen molar-refractivity contribution < 1.29 is 8.78 Å². The van der Waals surface area contributed by atoms with Gasteiger partial charge >= 0.3 is 0 Å². The van der Waals surface area contributed by atoms with Crippen LogP contribution in [-0.4, -0.2) is 53.6 Å². The fourth-order valence-electron chi connectivity index (χ4n) is 3.99. The number of aromatic nitrogens is 2. The second-order valence-corrected chi connectivity index (χ2v) is 7.98. The SMILES string of the molecule is NCC1CNCCN1Cc1cccc(-c2ccnc(NCCc3cc(F)cc(F)c3)n2)c1. The highest BCUT2D eigenvalue weighted by molar-refractivity contribution is 5.61. The van der Waals surface area contributed by atoms with E-state index in [1.165, 1.54) is 17.7 Å². The molecule has 1 atom stereocenters. The van der Waals surface area contributed by atoms with Crippen LogP contribution in [0.4, 0.5) is 14.7 Å². The first-order chi connectivity index (χ1) is 15.6. The molecule has 1 unspecified atom stereocenters. The van der Waals surface area contributed by atoms with Crippen LogP contribution >= 0.6 is 0 Å². The lowest BCUT2D eigenvalue weighted by Crippen LogP contribution is -2.53. The predicted molar refractivity (Wildman–Crippen MR) is 122 cm³/mol. The number of hydrogen-bond acceptors (Lipinski definition) is 6. The lowest BCUT2D eigenvalue weighted by atomic mass is 10.1. The summed E-state index contributed by atoms with van der Waals surface area (Å²) in [7, 11) is 0. The zero-order valence-corrected chi connectivity index (χ0v) is 17.9. The van der Waals surface area contributed by atoms with E-state index in [1.807, 2.05) is 18.2 Å². The number of hydrogen-bond donors (Lipinski definition) is 3. The van der Waals surface area contributed by atoms with Gasteiger partial charge in [-0.25, -0.2) is 18.7 Å². The highest BCUT2D eigenvalue weighted by Gasteiger charge is 2.20. The van der Waals surface area contributed by atoms with E-state index in [-0.39, 0.29) is 0 Å². The van der Waals surface area contributed by atoms with E-state index in [2.05, 4.69) is 37.6 Å². The molecule has 1 aliphatic heterocycles. The number of rotatable bonds is 8. The lowest BCUT2D eigenvalue weighted by Gasteiger charge is -2.35. The molecule has 0 radical (unpaired) electrons. The van der Waals surface area contributed by atoms with Gasteiger partial charge in [0.05, 0.1) is 5.69 Å². The Kier molecular flexibility index (Phi) is 7.36. The Hall–Kier alpha value is -2.94. The first-order valence-corrected chi connectivity index (χ1v) is 10.9. The van der Waals surface area contributed by atoms with Gasteiger partial charge in [-0.2, -0.15) is 0 Å². The molecule has 1 saturated heterocycles. The van der Waals surface area contributed by atoms with Gasteiger partial charge in [0.15, 0.2) is 0 Å². The number of nitrogens with one attached hydrogen (secondary N) is 2. The molecule has 0 saturated carbocycles. The first kappa shape index (κ1) is 22.3. The van der Waals surface area contributed by atoms with Crippen LogP contribution in [-0.2, 0) is 13.0 Å². The Morgan fingerprint density at radius 2 is 1.94 bits per heavy atom. The first-order valence-electron chi connectivity index (χ1n) is 10.9. The van der Waals surface area contributed by atoms with Crippen LogP contribution in [0.1, 0.15) is 11.1 Å². The maximum atomic E-state index is 13.3. The largest absolute Gasteiger partial charge is 0.354 e. The van der Waals surface area contributed by atoms with Crippen molar-refractivity contribution in [2.24, 2.45) is 5.73 Å². The van der Waals surface area contributed by atoms with Gasteiger partial charge in [-0.3, -0.25) is 4.90 Å². The molecule has 3 aromatic rings. The normalized spacial score (nSPS) is 16.8. The van der Waals surface area contributed by atoms with E-state index < -0.39 is 11.6 Å². The van der Waals surface area contributed by atoms with Crippen LogP contribution < -0.4 is 16.4 Å². The molecule has 0 aliphatic carbocycles. The highest BCUT2D eigenvalue weighted by atomic mass is 19.1. The molecule has 4 rings (SSSR count). The van der Waals surface area contributed by atoms with Crippen molar-refractivity contribution in [3.8, 4) is 11.3 Å². The molecule has 0 spiro atoms. The van der Waals surface area contributed by atoms with Crippen molar-refractivity contribution in [1.29, 1.82) is 0 Å². The van der Waals surface area contributed by atoms with E-state index in [0.29, 0.717) is 37.1 Å². The Bertz CT molecular complexity index is 1020. The maximum Gasteiger partial charge on any atom is 0.223 e. The molecule has 168 valence electrons. The molecule has 1 aromatic heterocycles. The number of anilines is 1. The van der Waals surface area contributed by atoms with Crippen molar-refractivity contribution in [1.82, 2.24) is 20.2 Å². The van der Waals surface area contributed by atoms with E-state index in [4.69, 9.17) is 5.73 Å². The van der Waals surface area contributed by atoms with E-state index in [0.717, 1.165) is 43.5 Å². The smallest absolute Gasteiger partial charge is 0.223 e. The van der Waals surface area contributed by atoms with Crippen molar-refractivity contribution in [2.45, 2.75) is 19.0 Å². The Morgan fingerprint density at radius 3 is 2.75 bits per heavy atom. The summed E-state index contributed by atoms with van der Waals surface area (Å²) in [6.07, 6.45) is 2.17. The van der Waals surface area contributed by atoms with Crippen LogP contribution in [0.2, 0.25) is 0 Å². The third-order valence-corrected chi connectivity index (χ3v) is 5.63. The van der Waals surface area contributed by atoms with Crippen LogP contribution in [0.15, 0.2) is 54.7 Å². The van der Waals surface area contributed by atoms with Crippen LogP contribution in [0, 0.1) is 11.6 Å². The summed E-state index contributed by atoms with van der Waals surface area (Å²) >= 11 is 0. The lowest BCUT2D eigenvalue weighted by molar-refractivity contribution is 0.158. The summed E-state index contributed by atoms with van der Waals surface area (Å²) < 4.78 is 26.7. The summed E-state index contributed by atoms with van der Waals surface area (Å²) in [5.41, 5.74) is 9.56. The second-order valence-electron chi connectivity index (χ2n) is 7.98. The van der Waals surface area contributed by atoms with Crippen LogP contribution in [0.3, 0.4) is 0 Å². The summed E-state index contributed by atoms with van der Waals surface area (Å²) in [5, 5.41) is 6.53. The summed E-state index contributed by atoms with van der Waals surface area (Å²) in [4.78, 5) is 11.3. The van der Waals surface area contributed by atoms with E-state index >= 15 is 0 Å². The van der Waals surface area contributed by atoms with Gasteiger partial charge in [0.1, 0.15) is 11.6 Å². The van der Waals surface area contributed by atoms with Crippen LogP contribution in [0.5, 0.6) is 0 Å². The minimum absolute atomic E-state index is 0.342. The minimum atomic E-state index is -0.572. The fourth-order valence-corrected chi connectivity index (χ4v) is 3.99. The van der Waals surface area contributed by atoms with Gasteiger partial charge in [0.2, 0.25) is 5.95 Å². The second kappa shape index (κ2) is 10.6. The van der Waals surface area contributed by atoms with Gasteiger partial charge in [-0.1, -0.05) is 18.2 Å². The van der Waals surface area contributed by atoms with Gasteiger partial charge in [0, 0.05) is 63.1 Å². The average Bonchev–Trinajstić information content (AvgIpc) is 2.79. The maximum absolute atomic E-state index is 13.3. The number of piperazine rings is 1. The molecule has 4 N–H and O–H groups in total. The van der Waals surface area contributed by atoms with Crippen LogP contribution in [0.25, 0.3) is 11.3 Å². The van der Waals surface area contributed by atoms with Crippen molar-refractivity contribution in [3.63, 3.8) is 0 Å². The summed E-state index contributed by atoms with van der Waals surface area (Å²) in [5.74, 6) is -0.663.